The highest BCUT2D eigenvalue weighted by Crippen LogP contribution is 2.23. The molecular formula is C67H87ClN16O12. The number of aliphatic hydroxyl groups excluding tert-OH is 1. The molecule has 514 valence electrons. The Morgan fingerprint density at radius 1 is 0.583 bits per heavy atom. The summed E-state index contributed by atoms with van der Waals surface area (Å²) in [7, 11) is 0. The third kappa shape index (κ3) is 23.4. The molecule has 10 atom stereocenters. The lowest BCUT2D eigenvalue weighted by Crippen LogP contribution is -2.61. The molecule has 19 N–H and O–H groups in total. The maximum Gasteiger partial charge on any atom is 0.245 e. The average molecular weight is 1340 g/mol. The first-order valence-corrected chi connectivity index (χ1v) is 32.0. The van der Waals surface area contributed by atoms with Crippen LogP contribution in [0.2, 0.25) is 5.02 Å². The van der Waals surface area contributed by atoms with E-state index in [0.717, 1.165) is 16.3 Å². The molecule has 1 fully saturated rings. The zero-order valence-electron chi connectivity index (χ0n) is 53.8. The summed E-state index contributed by atoms with van der Waals surface area (Å²) in [5.41, 5.74) is 30.9. The third-order valence-corrected chi connectivity index (χ3v) is 16.3. The van der Waals surface area contributed by atoms with Gasteiger partial charge in [-0.1, -0.05) is 116 Å². The van der Waals surface area contributed by atoms with Gasteiger partial charge in [-0.3, -0.25) is 62.7 Å². The van der Waals surface area contributed by atoms with E-state index in [-0.39, 0.29) is 76.3 Å². The van der Waals surface area contributed by atoms with Crippen LogP contribution in [-0.2, 0) is 78.4 Å². The fraction of sp³-hybridized carbons (Fsp3) is 0.418. The molecule has 96 heavy (non-hydrogen) atoms. The van der Waals surface area contributed by atoms with E-state index in [0.29, 0.717) is 28.1 Å². The van der Waals surface area contributed by atoms with Crippen molar-refractivity contribution in [1.29, 1.82) is 0 Å². The van der Waals surface area contributed by atoms with Gasteiger partial charge in [-0.05, 0) is 109 Å². The van der Waals surface area contributed by atoms with Gasteiger partial charge in [-0.15, -0.1) is 0 Å². The molecule has 0 spiro atoms. The molecular weight excluding hydrogens is 1260 g/mol. The Kier molecular flexibility index (Phi) is 29.0. The normalized spacial score (nSPS) is 15.5. The van der Waals surface area contributed by atoms with Gasteiger partial charge in [0.2, 0.25) is 65.0 Å². The number of aliphatic hydroxyl groups is 1. The highest BCUT2D eigenvalue weighted by molar-refractivity contribution is 6.30. The number of guanidine groups is 1. The van der Waals surface area contributed by atoms with Gasteiger partial charge in [0.25, 0.3) is 0 Å². The summed E-state index contributed by atoms with van der Waals surface area (Å²) in [5, 5.41) is 34.1. The Morgan fingerprint density at radius 3 is 1.72 bits per heavy atom. The number of carbonyl (C=O) groups is 11. The average Bonchev–Trinajstić information content (AvgIpc) is 1.73. The summed E-state index contributed by atoms with van der Waals surface area (Å²) >= 11 is 6.20. The number of halogens is 1. The number of carbonyl (C=O) groups excluding carboxylic acids is 11. The molecule has 0 radical (unpaired) electrons. The number of nitrogens with two attached hydrogens (primary N) is 5. The zero-order valence-corrected chi connectivity index (χ0v) is 54.6. The van der Waals surface area contributed by atoms with E-state index in [4.69, 9.17) is 40.3 Å². The van der Waals surface area contributed by atoms with E-state index < -0.39 is 145 Å². The molecule has 28 nitrogen and oxygen atoms in total. The largest absolute Gasteiger partial charge is 0.394 e. The van der Waals surface area contributed by atoms with Crippen molar-refractivity contribution in [1.82, 2.24) is 52.4 Å². The summed E-state index contributed by atoms with van der Waals surface area (Å²) in [5.74, 6) is -9.75. The first-order chi connectivity index (χ1) is 45.8. The second-order valence-corrected chi connectivity index (χ2v) is 24.5. The summed E-state index contributed by atoms with van der Waals surface area (Å²) in [6, 6.07) is 17.9. The van der Waals surface area contributed by atoms with Crippen LogP contribution in [0.25, 0.3) is 10.8 Å². The van der Waals surface area contributed by atoms with Crippen LogP contribution < -0.4 is 71.2 Å². The van der Waals surface area contributed by atoms with Crippen LogP contribution in [0, 0.1) is 5.92 Å². The molecule has 11 amide bonds. The second kappa shape index (κ2) is 37.1. The van der Waals surface area contributed by atoms with Crippen LogP contribution in [0.3, 0.4) is 0 Å². The molecule has 6 rings (SSSR count). The van der Waals surface area contributed by atoms with Crippen molar-refractivity contribution in [2.45, 2.75) is 152 Å². The maximum atomic E-state index is 14.7. The van der Waals surface area contributed by atoms with Gasteiger partial charge >= 0.3 is 0 Å². The van der Waals surface area contributed by atoms with Gasteiger partial charge in [0.05, 0.1) is 12.6 Å². The van der Waals surface area contributed by atoms with Gasteiger partial charge < -0.3 is 81.2 Å². The fourth-order valence-electron chi connectivity index (χ4n) is 10.9. The molecule has 29 heteroatoms. The van der Waals surface area contributed by atoms with Gasteiger partial charge in [0.1, 0.15) is 54.4 Å². The lowest BCUT2D eigenvalue weighted by atomic mass is 9.98. The van der Waals surface area contributed by atoms with Crippen molar-refractivity contribution in [3.05, 3.63) is 149 Å². The van der Waals surface area contributed by atoms with Crippen LogP contribution in [0.4, 0.5) is 0 Å². The lowest BCUT2D eigenvalue weighted by molar-refractivity contribution is -0.142. The predicted molar refractivity (Wildman–Crippen MR) is 359 cm³/mol. The lowest BCUT2D eigenvalue weighted by Gasteiger charge is -2.31. The number of pyridine rings is 1. The fourth-order valence-corrected chi connectivity index (χ4v) is 11.0. The van der Waals surface area contributed by atoms with E-state index in [9.17, 15) is 57.8 Å². The number of benzene rings is 4. The van der Waals surface area contributed by atoms with Crippen molar-refractivity contribution in [2.24, 2.45) is 39.6 Å². The van der Waals surface area contributed by atoms with E-state index in [1.165, 1.54) is 24.2 Å². The molecule has 1 aromatic heterocycles. The number of hydrogen-bond donors (Lipinski definition) is 14. The Labute approximate surface area is 561 Å². The van der Waals surface area contributed by atoms with Crippen molar-refractivity contribution >= 4 is 93.3 Å². The molecule has 2 heterocycles. The first-order valence-electron chi connectivity index (χ1n) is 31.7. The Balaban J connectivity index is 1.21. The minimum Gasteiger partial charge on any atom is -0.394 e. The molecule has 0 aliphatic carbocycles. The van der Waals surface area contributed by atoms with Crippen LogP contribution >= 0.6 is 11.6 Å². The minimum atomic E-state index is -1.82. The Hall–Kier alpha value is -10.1. The van der Waals surface area contributed by atoms with Crippen molar-refractivity contribution < 1.29 is 57.8 Å². The quantitative estimate of drug-likeness (QED) is 0.0133. The van der Waals surface area contributed by atoms with E-state index in [1.54, 1.807) is 80.6 Å². The van der Waals surface area contributed by atoms with Crippen molar-refractivity contribution in [2.75, 3.05) is 19.7 Å². The minimum absolute atomic E-state index is 0.00365. The summed E-state index contributed by atoms with van der Waals surface area (Å²) in [6.45, 7) is 4.10. The highest BCUT2D eigenvalue weighted by Gasteiger charge is 2.40. The maximum absolute atomic E-state index is 14.7. The summed E-state index contributed by atoms with van der Waals surface area (Å²) in [6.07, 6.45) is 2.42. The van der Waals surface area contributed by atoms with Gasteiger partial charge in [0.15, 0.2) is 5.96 Å². The predicted octanol–water partition coefficient (Wildman–Crippen LogP) is -0.782. The molecule has 0 bridgehead atoms. The van der Waals surface area contributed by atoms with E-state index in [2.05, 4.69) is 52.5 Å². The third-order valence-electron chi connectivity index (χ3n) is 16.0. The SMILES string of the molecule is CC(C)C[C@H](NC(=O)[C@@H](Cc1cccnc1)NC(=O)[C@H](CCC(N)=O)NC(=O)[C@H](CO)NC(=O)[C@H](Cc1ccccc1)NC(=O)[C@@H](Cc1ccc(Cl)cc1)NC(=O)[C@H](N)Cc1cccc2ccccc12)C(=O)N[C@@H](CCCN=C(N)N)C(=O)N1CCC[C@H]1C(=O)N[C@H](C)C(N)=O. The van der Waals surface area contributed by atoms with E-state index in [1.807, 2.05) is 42.5 Å². The molecule has 1 aliphatic heterocycles. The summed E-state index contributed by atoms with van der Waals surface area (Å²) < 4.78 is 0. The molecule has 5 aromatic rings. The number of aromatic nitrogens is 1. The monoisotopic (exact) mass is 1340 g/mol. The number of rotatable bonds is 36. The number of amides is 11. The number of likely N-dealkylation sites (tertiary alicyclic amines) is 1. The second-order valence-electron chi connectivity index (χ2n) is 24.1. The van der Waals surface area contributed by atoms with Crippen LogP contribution in [0.1, 0.15) is 88.0 Å². The standard InChI is InChI=1S/C67H87ClN16O12/c1-38(2)31-50(60(90)78-49(20-11-29-75-67(72)73)66(96)84-30-12-21-55(84)65(95)76-39(3)57(71)87)80-62(92)53(34-42-15-10-28-74-36-42)81-59(89)48(26-27-56(70)86)77-64(94)54(37-85)83-63(93)52(32-40-13-5-4-6-14-40)82-61(91)51(33-41-22-24-45(68)25-23-41)79-58(88)47(69)35-44-18-9-17-43-16-7-8-19-46(43)44/h4-10,13-19,22-25,28,36,38-39,47-55,85H,11-12,20-21,26-27,29-35,37,69H2,1-3H3,(H2,70,86)(H2,71,87)(H,76,95)(H,77,94)(H,78,90)(H,79,88)(H,80,92)(H,81,89)(H,82,91)(H,83,93)(H4,72,73,75)/t39-,47-,48+,49+,50+,51-,52+,53-,54+,55+/m1/s1. The number of aliphatic imine (C=N–C) groups is 1. The van der Waals surface area contributed by atoms with Crippen LogP contribution in [0.15, 0.2) is 127 Å². The van der Waals surface area contributed by atoms with E-state index >= 15 is 0 Å². The molecule has 0 saturated carbocycles. The summed E-state index contributed by atoms with van der Waals surface area (Å²) in [4.78, 5) is 163. The van der Waals surface area contributed by atoms with Crippen molar-refractivity contribution in [3.63, 3.8) is 0 Å². The van der Waals surface area contributed by atoms with Gasteiger partial charge in [-0.25, -0.2) is 0 Å². The first kappa shape index (κ1) is 75.0. The van der Waals surface area contributed by atoms with Crippen LogP contribution in [-0.4, -0.2) is 166 Å². The Bertz CT molecular complexity index is 3540. The number of primary amides is 2. The van der Waals surface area contributed by atoms with Crippen molar-refractivity contribution in [3.8, 4) is 0 Å². The Morgan fingerprint density at radius 2 is 1.11 bits per heavy atom. The molecule has 4 aromatic carbocycles. The number of nitrogens with one attached hydrogen (secondary N) is 8. The highest BCUT2D eigenvalue weighted by atomic mass is 35.5. The smallest absolute Gasteiger partial charge is 0.245 e. The van der Waals surface area contributed by atoms with Gasteiger partial charge in [-0.2, -0.15) is 0 Å². The molecule has 1 aliphatic rings. The number of fused-ring (bicyclic) bond motifs is 1. The van der Waals surface area contributed by atoms with Crippen LogP contribution in [0.5, 0.6) is 0 Å². The zero-order chi connectivity index (χ0) is 70.0. The van der Waals surface area contributed by atoms with Gasteiger partial charge in [0, 0.05) is 56.2 Å². The number of hydrogen-bond acceptors (Lipinski definition) is 15. The molecule has 0 unspecified atom stereocenters. The number of nitrogens with zero attached hydrogens (tertiary/aromatic N) is 3. The molecule has 1 saturated heterocycles. The topological polar surface area (TPSA) is 463 Å².